The van der Waals surface area contributed by atoms with E-state index in [1.807, 2.05) is 4.90 Å². The van der Waals surface area contributed by atoms with Crippen LogP contribution in [-0.4, -0.2) is 52.8 Å². The van der Waals surface area contributed by atoms with Crippen LogP contribution < -0.4 is 16.0 Å². The summed E-state index contributed by atoms with van der Waals surface area (Å²) in [6.45, 7) is 1.22. The third kappa shape index (κ3) is 6.21. The zero-order valence-corrected chi connectivity index (χ0v) is 22.0. The highest BCUT2D eigenvalue weighted by Gasteiger charge is 2.41. The number of rotatable bonds is 8. The first-order valence-corrected chi connectivity index (χ1v) is 12.9. The number of aliphatic hydroxyl groups is 1. The molecule has 5 N–H and O–H groups in total. The SMILES string of the molecule is COc1ccc2ncc(CN)c([C@H](O)CCC3(C(=O)NO)CCN(CC#Cc4cc(F)cc(F)c4F)CC3)c2c1. The Morgan fingerprint density at radius 2 is 2.00 bits per heavy atom. The van der Waals surface area contributed by atoms with E-state index in [-0.39, 0.29) is 31.5 Å². The number of aliphatic hydroxyl groups excluding tert-OH is 1. The van der Waals surface area contributed by atoms with E-state index in [9.17, 15) is 28.3 Å². The van der Waals surface area contributed by atoms with Gasteiger partial charge in [-0.1, -0.05) is 11.8 Å². The van der Waals surface area contributed by atoms with Crippen molar-refractivity contribution in [3.05, 3.63) is 70.7 Å². The number of aromatic nitrogens is 1. The molecule has 0 saturated carbocycles. The fourth-order valence-electron chi connectivity index (χ4n) is 5.22. The van der Waals surface area contributed by atoms with Crippen molar-refractivity contribution in [2.75, 3.05) is 26.7 Å². The summed E-state index contributed by atoms with van der Waals surface area (Å²) in [6, 6.07) is 6.66. The maximum absolute atomic E-state index is 13.9. The fourth-order valence-corrected chi connectivity index (χ4v) is 5.22. The number of methoxy groups -OCH3 is 1. The van der Waals surface area contributed by atoms with E-state index in [1.54, 1.807) is 37.0 Å². The minimum absolute atomic E-state index is 0.164. The molecule has 1 fully saturated rings. The zero-order chi connectivity index (χ0) is 28.9. The molecule has 212 valence electrons. The van der Waals surface area contributed by atoms with Crippen molar-refractivity contribution < 1.29 is 33.0 Å². The lowest BCUT2D eigenvalue weighted by Gasteiger charge is -2.40. The summed E-state index contributed by atoms with van der Waals surface area (Å²) in [6.07, 6.45) is 1.92. The topological polar surface area (TPSA) is 121 Å². The number of piperidine rings is 1. The summed E-state index contributed by atoms with van der Waals surface area (Å²) in [5, 5.41) is 21.5. The van der Waals surface area contributed by atoms with Crippen molar-refractivity contribution in [3.8, 4) is 17.6 Å². The second-order valence-corrected chi connectivity index (χ2v) is 9.89. The molecule has 1 atom stereocenters. The number of pyridine rings is 1. The molecule has 3 aromatic rings. The van der Waals surface area contributed by atoms with Gasteiger partial charge in [0.2, 0.25) is 5.91 Å². The van der Waals surface area contributed by atoms with Crippen LogP contribution in [0.2, 0.25) is 0 Å². The van der Waals surface area contributed by atoms with Crippen molar-refractivity contribution >= 4 is 16.8 Å². The number of hydrogen-bond donors (Lipinski definition) is 4. The number of likely N-dealkylation sites (tertiary alicyclic amines) is 1. The second-order valence-electron chi connectivity index (χ2n) is 9.89. The van der Waals surface area contributed by atoms with Crippen LogP contribution in [0.25, 0.3) is 10.9 Å². The number of benzene rings is 2. The van der Waals surface area contributed by atoms with Gasteiger partial charge in [0.15, 0.2) is 11.6 Å². The molecular weight excluding hydrogens is 525 g/mol. The van der Waals surface area contributed by atoms with Crippen LogP contribution in [0, 0.1) is 34.7 Å². The van der Waals surface area contributed by atoms with Gasteiger partial charge in [-0.05, 0) is 61.1 Å². The highest BCUT2D eigenvalue weighted by molar-refractivity contribution is 5.85. The minimum Gasteiger partial charge on any atom is -0.497 e. The fraction of sp³-hybridized carbons (Fsp3) is 0.379. The summed E-state index contributed by atoms with van der Waals surface area (Å²) < 4.78 is 46.0. The number of fused-ring (bicyclic) bond motifs is 1. The highest BCUT2D eigenvalue weighted by atomic mass is 19.2. The Hall–Kier alpha value is -3.69. The van der Waals surface area contributed by atoms with Crippen molar-refractivity contribution in [1.82, 2.24) is 15.4 Å². The monoisotopic (exact) mass is 556 g/mol. The van der Waals surface area contributed by atoms with Crippen LogP contribution in [-0.2, 0) is 11.3 Å². The van der Waals surface area contributed by atoms with E-state index in [0.29, 0.717) is 59.8 Å². The molecule has 2 heterocycles. The predicted molar refractivity (Wildman–Crippen MR) is 142 cm³/mol. The highest BCUT2D eigenvalue weighted by Crippen LogP contribution is 2.40. The third-order valence-corrected chi connectivity index (χ3v) is 7.56. The van der Waals surface area contributed by atoms with Crippen LogP contribution in [0.5, 0.6) is 5.75 Å². The molecule has 2 aromatic carbocycles. The molecule has 1 aromatic heterocycles. The smallest absolute Gasteiger partial charge is 0.249 e. The number of nitrogens with two attached hydrogens (primary N) is 1. The number of nitrogens with one attached hydrogen (secondary N) is 1. The van der Waals surface area contributed by atoms with Crippen molar-refractivity contribution in [2.45, 2.75) is 38.3 Å². The van der Waals surface area contributed by atoms with Crippen molar-refractivity contribution in [3.63, 3.8) is 0 Å². The largest absolute Gasteiger partial charge is 0.497 e. The molecule has 1 saturated heterocycles. The van der Waals surface area contributed by atoms with E-state index in [0.717, 1.165) is 6.07 Å². The molecule has 1 aliphatic heterocycles. The summed E-state index contributed by atoms with van der Waals surface area (Å²) >= 11 is 0. The van der Waals surface area contributed by atoms with Gasteiger partial charge in [0.1, 0.15) is 11.6 Å². The zero-order valence-electron chi connectivity index (χ0n) is 22.0. The number of carbonyl (C=O) groups excluding carboxylic acids is 1. The molecule has 1 amide bonds. The van der Waals surface area contributed by atoms with Gasteiger partial charge in [-0.3, -0.25) is 19.9 Å². The molecule has 8 nitrogen and oxygen atoms in total. The van der Waals surface area contributed by atoms with Gasteiger partial charge in [-0.2, -0.15) is 0 Å². The Bertz CT molecular complexity index is 1440. The lowest BCUT2D eigenvalue weighted by atomic mass is 9.73. The van der Waals surface area contributed by atoms with Crippen LogP contribution in [0.15, 0.2) is 36.5 Å². The van der Waals surface area contributed by atoms with Gasteiger partial charge in [-0.15, -0.1) is 0 Å². The number of halogens is 3. The molecule has 1 aliphatic rings. The quantitative estimate of drug-likeness (QED) is 0.145. The second kappa shape index (κ2) is 12.7. The Balaban J connectivity index is 1.47. The number of carbonyl (C=O) groups is 1. The lowest BCUT2D eigenvalue weighted by Crippen LogP contribution is -2.48. The molecule has 11 heteroatoms. The van der Waals surface area contributed by atoms with E-state index in [2.05, 4.69) is 16.8 Å². The van der Waals surface area contributed by atoms with Gasteiger partial charge >= 0.3 is 0 Å². The number of amides is 1. The molecule has 0 bridgehead atoms. The minimum atomic E-state index is -1.30. The first-order valence-electron chi connectivity index (χ1n) is 12.9. The van der Waals surface area contributed by atoms with E-state index >= 15 is 0 Å². The summed E-state index contributed by atoms with van der Waals surface area (Å²) in [7, 11) is 1.55. The normalized spacial score (nSPS) is 15.8. The Morgan fingerprint density at radius 1 is 1.25 bits per heavy atom. The van der Waals surface area contributed by atoms with Crippen LogP contribution in [0.1, 0.15) is 48.5 Å². The van der Waals surface area contributed by atoms with E-state index in [1.165, 1.54) is 0 Å². The van der Waals surface area contributed by atoms with Crippen LogP contribution in [0.4, 0.5) is 13.2 Å². The number of ether oxygens (including phenoxy) is 1. The molecule has 4 rings (SSSR count). The summed E-state index contributed by atoms with van der Waals surface area (Å²) in [5.74, 6) is 1.84. The maximum atomic E-state index is 13.9. The van der Waals surface area contributed by atoms with Crippen LogP contribution in [0.3, 0.4) is 0 Å². The Kier molecular flexibility index (Phi) is 9.27. The number of hydrogen-bond acceptors (Lipinski definition) is 7. The number of hydroxylamine groups is 1. The predicted octanol–water partition coefficient (Wildman–Crippen LogP) is 3.57. The molecule has 0 unspecified atom stereocenters. The van der Waals surface area contributed by atoms with Gasteiger partial charge in [0, 0.05) is 37.3 Å². The molecular formula is C29H31F3N4O4. The van der Waals surface area contributed by atoms with E-state index < -0.39 is 34.9 Å². The molecule has 0 spiro atoms. The maximum Gasteiger partial charge on any atom is 0.249 e. The average Bonchev–Trinajstić information content (AvgIpc) is 2.97. The summed E-state index contributed by atoms with van der Waals surface area (Å²) in [4.78, 5) is 19.2. The Labute approximate surface area is 229 Å². The molecule has 0 radical (unpaired) electrons. The number of nitrogens with zero attached hydrogens (tertiary/aromatic N) is 2. The van der Waals surface area contributed by atoms with Gasteiger partial charge in [-0.25, -0.2) is 18.7 Å². The van der Waals surface area contributed by atoms with Gasteiger partial charge in [0.05, 0.1) is 36.3 Å². The summed E-state index contributed by atoms with van der Waals surface area (Å²) in [5.41, 5.74) is 8.39. The average molecular weight is 557 g/mol. The van der Waals surface area contributed by atoms with Gasteiger partial charge < -0.3 is 15.6 Å². The van der Waals surface area contributed by atoms with Crippen molar-refractivity contribution in [1.29, 1.82) is 0 Å². The molecule has 40 heavy (non-hydrogen) atoms. The van der Waals surface area contributed by atoms with Gasteiger partial charge in [0.25, 0.3) is 0 Å². The first-order chi connectivity index (χ1) is 19.2. The Morgan fingerprint density at radius 3 is 2.67 bits per heavy atom. The molecule has 0 aliphatic carbocycles. The lowest BCUT2D eigenvalue weighted by molar-refractivity contribution is -0.143. The third-order valence-electron chi connectivity index (χ3n) is 7.56. The van der Waals surface area contributed by atoms with E-state index in [4.69, 9.17) is 10.5 Å². The first kappa shape index (κ1) is 29.3. The van der Waals surface area contributed by atoms with Crippen LogP contribution >= 0.6 is 0 Å². The standard InChI is InChI=1S/C29H31F3N4O4/c1-40-21-4-5-24-22(15-21)26(19(16-33)17-34-24)25(37)6-7-29(28(38)35-39)8-11-36(12-9-29)10-2-3-18-13-20(30)14-23(31)27(18)32/h4-5,13-15,17,25,37,39H,6-12,16,33H2,1H3,(H,35,38)/t25-/m1/s1. The van der Waals surface area contributed by atoms with Crippen molar-refractivity contribution in [2.24, 2.45) is 11.1 Å².